The first kappa shape index (κ1) is 22.7. The smallest absolute Gasteiger partial charge is 0.196 e. The van der Waals surface area contributed by atoms with Crippen LogP contribution in [0.1, 0.15) is 84.0 Å². The van der Waals surface area contributed by atoms with Gasteiger partial charge in [0.25, 0.3) is 0 Å². The number of unbranched alkanes of at least 4 members (excludes halogenated alkanes) is 2. The minimum atomic E-state index is -0.873. The summed E-state index contributed by atoms with van der Waals surface area (Å²) >= 11 is 0. The van der Waals surface area contributed by atoms with Crippen LogP contribution in [0.4, 0.5) is 8.78 Å². The number of allylic oxidation sites excluding steroid dienone is 3. The van der Waals surface area contributed by atoms with Gasteiger partial charge in [-0.2, -0.15) is 0 Å². The third kappa shape index (κ3) is 6.27. The summed E-state index contributed by atoms with van der Waals surface area (Å²) in [4.78, 5) is 0. The Hall–Kier alpha value is -0.940. The Bertz CT molecular complexity index is 571. The second-order valence-corrected chi connectivity index (χ2v) is 9.02. The van der Waals surface area contributed by atoms with E-state index in [0.717, 1.165) is 18.8 Å². The first-order chi connectivity index (χ1) is 14.1. The van der Waals surface area contributed by atoms with E-state index in [-0.39, 0.29) is 18.5 Å². The van der Waals surface area contributed by atoms with Crippen LogP contribution in [0.5, 0.6) is 0 Å². The summed E-state index contributed by atoms with van der Waals surface area (Å²) < 4.78 is 44.9. The molecule has 1 heterocycles. The third-order valence-corrected chi connectivity index (χ3v) is 7.04. The van der Waals surface area contributed by atoms with Gasteiger partial charge in [-0.25, -0.2) is 8.78 Å². The van der Waals surface area contributed by atoms with Crippen molar-refractivity contribution in [1.82, 2.24) is 0 Å². The van der Waals surface area contributed by atoms with Gasteiger partial charge in [0.05, 0.1) is 32.5 Å². The molecule has 29 heavy (non-hydrogen) atoms. The van der Waals surface area contributed by atoms with Crippen molar-refractivity contribution < 1.29 is 23.0 Å². The summed E-state index contributed by atoms with van der Waals surface area (Å²) in [6.45, 7) is 2.97. The van der Waals surface area contributed by atoms with E-state index in [1.807, 2.05) is 0 Å². The van der Waals surface area contributed by atoms with Crippen molar-refractivity contribution in [2.45, 2.75) is 96.2 Å². The van der Waals surface area contributed by atoms with Gasteiger partial charge in [0.1, 0.15) is 5.76 Å². The predicted molar refractivity (Wildman–Crippen MR) is 111 cm³/mol. The maximum Gasteiger partial charge on any atom is 0.196 e. The van der Waals surface area contributed by atoms with Crippen molar-refractivity contribution in [2.75, 3.05) is 20.3 Å². The predicted octanol–water partition coefficient (Wildman–Crippen LogP) is 6.78. The molecule has 5 heteroatoms. The molecule has 2 aliphatic carbocycles. The minimum Gasteiger partial charge on any atom is -0.498 e. The third-order valence-electron chi connectivity index (χ3n) is 7.04. The molecule has 0 amide bonds. The summed E-state index contributed by atoms with van der Waals surface area (Å²) in [5.41, 5.74) is 0.395. The van der Waals surface area contributed by atoms with Crippen molar-refractivity contribution in [2.24, 2.45) is 11.8 Å². The summed E-state index contributed by atoms with van der Waals surface area (Å²) in [5.74, 6) is 0.0176. The number of halogens is 2. The number of hydrogen-bond acceptors (Lipinski definition) is 3. The summed E-state index contributed by atoms with van der Waals surface area (Å²) in [6, 6.07) is 0. The molecule has 2 atom stereocenters. The molecule has 2 unspecified atom stereocenters. The normalized spacial score (nSPS) is 31.3. The van der Waals surface area contributed by atoms with Gasteiger partial charge in [0, 0.05) is 6.42 Å². The molecule has 2 fully saturated rings. The fourth-order valence-corrected chi connectivity index (χ4v) is 5.09. The van der Waals surface area contributed by atoms with Gasteiger partial charge >= 0.3 is 0 Å². The van der Waals surface area contributed by atoms with E-state index in [1.165, 1.54) is 58.5 Å². The van der Waals surface area contributed by atoms with Gasteiger partial charge in [0.2, 0.25) is 0 Å². The number of ether oxygens (including phenoxy) is 3. The van der Waals surface area contributed by atoms with Crippen LogP contribution in [0.15, 0.2) is 23.0 Å². The first-order valence-corrected chi connectivity index (χ1v) is 11.7. The van der Waals surface area contributed by atoms with E-state index >= 15 is 0 Å². The Kier molecular flexibility index (Phi) is 8.98. The van der Waals surface area contributed by atoms with Crippen molar-refractivity contribution in [3.63, 3.8) is 0 Å². The van der Waals surface area contributed by atoms with E-state index in [0.29, 0.717) is 37.0 Å². The molecule has 3 aliphatic rings. The highest BCUT2D eigenvalue weighted by Gasteiger charge is 2.32. The molecule has 0 bridgehead atoms. The van der Waals surface area contributed by atoms with Crippen LogP contribution in [-0.4, -0.2) is 32.5 Å². The Morgan fingerprint density at radius 2 is 1.76 bits per heavy atom. The maximum atomic E-state index is 14.1. The molecule has 0 aromatic heterocycles. The highest BCUT2D eigenvalue weighted by Crippen LogP contribution is 2.37. The molecule has 0 aromatic carbocycles. The molecule has 0 radical (unpaired) electrons. The van der Waals surface area contributed by atoms with E-state index in [2.05, 4.69) is 6.92 Å². The highest BCUT2D eigenvalue weighted by atomic mass is 19.2. The zero-order valence-electron chi connectivity index (χ0n) is 18.2. The highest BCUT2D eigenvalue weighted by molar-refractivity contribution is 5.32. The zero-order chi connectivity index (χ0) is 20.6. The first-order valence-electron chi connectivity index (χ1n) is 11.7. The molecule has 1 saturated carbocycles. The van der Waals surface area contributed by atoms with E-state index in [4.69, 9.17) is 14.2 Å². The summed E-state index contributed by atoms with van der Waals surface area (Å²) in [5, 5.41) is 0. The van der Waals surface area contributed by atoms with Crippen LogP contribution in [-0.2, 0) is 14.2 Å². The van der Waals surface area contributed by atoms with Crippen LogP contribution < -0.4 is 0 Å². The minimum absolute atomic E-state index is 0.0206. The quantitative estimate of drug-likeness (QED) is 0.391. The van der Waals surface area contributed by atoms with Gasteiger partial charge in [-0.05, 0) is 49.5 Å². The van der Waals surface area contributed by atoms with Crippen LogP contribution in [0.25, 0.3) is 0 Å². The lowest BCUT2D eigenvalue weighted by atomic mass is 9.76. The monoisotopic (exact) mass is 412 g/mol. The fourth-order valence-electron chi connectivity index (χ4n) is 5.09. The standard InChI is InChI=1S/C24H38F2O3/c1-3-4-5-6-17-7-9-18(10-8-17)21-14-12-20(16-29-21)28-15-19-11-13-22(27-2)24(26)23(19)25/h17-18,20-21H,3-16H2,1-2H3. The molecule has 0 aromatic rings. The molecule has 3 rings (SSSR count). The van der Waals surface area contributed by atoms with Gasteiger partial charge < -0.3 is 14.2 Å². The van der Waals surface area contributed by atoms with E-state index in [1.54, 1.807) is 0 Å². The Morgan fingerprint density at radius 1 is 0.966 bits per heavy atom. The molecule has 0 spiro atoms. The largest absolute Gasteiger partial charge is 0.498 e. The molecular weight excluding hydrogens is 374 g/mol. The molecule has 166 valence electrons. The second-order valence-electron chi connectivity index (χ2n) is 9.02. The lowest BCUT2D eigenvalue weighted by molar-refractivity contribution is -0.105. The van der Waals surface area contributed by atoms with Crippen molar-refractivity contribution in [3.05, 3.63) is 23.0 Å². The van der Waals surface area contributed by atoms with Crippen LogP contribution in [0.3, 0.4) is 0 Å². The van der Waals surface area contributed by atoms with Crippen molar-refractivity contribution in [1.29, 1.82) is 0 Å². The second kappa shape index (κ2) is 11.5. The molecule has 0 N–H and O–H groups in total. The van der Waals surface area contributed by atoms with Gasteiger partial charge in [-0.3, -0.25) is 0 Å². The van der Waals surface area contributed by atoms with Crippen LogP contribution >= 0.6 is 0 Å². The maximum absolute atomic E-state index is 14.1. The Balaban J connectivity index is 1.36. The van der Waals surface area contributed by atoms with E-state index in [9.17, 15) is 8.78 Å². The molecule has 3 nitrogen and oxygen atoms in total. The van der Waals surface area contributed by atoms with Gasteiger partial charge in [-0.15, -0.1) is 0 Å². The average Bonchev–Trinajstić information content (AvgIpc) is 2.76. The summed E-state index contributed by atoms with van der Waals surface area (Å²) in [6.07, 6.45) is 13.9. The Labute approximate surface area is 174 Å². The van der Waals surface area contributed by atoms with Crippen molar-refractivity contribution in [3.8, 4) is 0 Å². The van der Waals surface area contributed by atoms with Crippen molar-refractivity contribution >= 4 is 0 Å². The SMILES string of the molecule is CCCCCC1CCC(C2CCC(OCC3=C(F)C(F)=C(OC)CC3)CO2)CC1. The fraction of sp³-hybridized carbons (Fsp3) is 0.833. The molecule has 1 aliphatic heterocycles. The Morgan fingerprint density at radius 3 is 2.41 bits per heavy atom. The van der Waals surface area contributed by atoms with E-state index < -0.39 is 11.7 Å². The number of methoxy groups -OCH3 is 1. The lowest BCUT2D eigenvalue weighted by Crippen LogP contribution is -2.37. The van der Waals surface area contributed by atoms with Crippen LogP contribution in [0, 0.1) is 11.8 Å². The number of hydrogen-bond donors (Lipinski definition) is 0. The lowest BCUT2D eigenvalue weighted by Gasteiger charge is -2.38. The zero-order valence-corrected chi connectivity index (χ0v) is 18.2. The van der Waals surface area contributed by atoms with Crippen LogP contribution in [0.2, 0.25) is 0 Å². The molecule has 1 saturated heterocycles. The molecular formula is C24H38F2O3. The summed E-state index contributed by atoms with van der Waals surface area (Å²) in [7, 11) is 1.37. The van der Waals surface area contributed by atoms with Gasteiger partial charge in [-0.1, -0.05) is 45.4 Å². The number of rotatable bonds is 9. The topological polar surface area (TPSA) is 27.7 Å². The average molecular weight is 413 g/mol. The van der Waals surface area contributed by atoms with Gasteiger partial charge in [0.15, 0.2) is 11.7 Å².